The number of nitrogens with one attached hydrogen (secondary N) is 1. The van der Waals surface area contributed by atoms with E-state index in [2.05, 4.69) is 20.6 Å². The second-order valence-corrected chi connectivity index (χ2v) is 5.19. The molecule has 22 heavy (non-hydrogen) atoms. The van der Waals surface area contributed by atoms with Crippen LogP contribution in [0, 0.1) is 13.8 Å². The Morgan fingerprint density at radius 1 is 1.41 bits per heavy atom. The molecule has 1 amide bonds. The summed E-state index contributed by atoms with van der Waals surface area (Å²) >= 11 is 0. The zero-order valence-corrected chi connectivity index (χ0v) is 13.4. The van der Waals surface area contributed by atoms with E-state index in [0.29, 0.717) is 32.6 Å². The van der Waals surface area contributed by atoms with Crippen molar-refractivity contribution in [1.82, 2.24) is 25.1 Å². The maximum Gasteiger partial charge on any atom is 0.220 e. The predicted octanol–water partition coefficient (Wildman–Crippen LogP) is 1.22. The Bertz CT molecular complexity index is 638. The first-order valence-corrected chi connectivity index (χ1v) is 7.64. The van der Waals surface area contributed by atoms with Crippen molar-refractivity contribution in [1.29, 1.82) is 0 Å². The van der Waals surface area contributed by atoms with Gasteiger partial charge in [-0.05, 0) is 39.2 Å². The van der Waals surface area contributed by atoms with Crippen molar-refractivity contribution in [2.24, 2.45) is 0 Å². The van der Waals surface area contributed by atoms with Crippen molar-refractivity contribution in [2.45, 2.75) is 40.0 Å². The number of carbonyl (C=O) groups excluding carboxylic acids is 1. The third kappa shape index (κ3) is 4.00. The highest BCUT2D eigenvalue weighted by Crippen LogP contribution is 2.17. The van der Waals surface area contributed by atoms with Crippen LogP contribution < -0.4 is 5.32 Å². The molecular weight excluding hydrogens is 282 g/mol. The number of fused-ring (bicyclic) bond motifs is 1. The molecule has 120 valence electrons. The van der Waals surface area contributed by atoms with E-state index in [1.165, 1.54) is 0 Å². The molecule has 0 spiro atoms. The summed E-state index contributed by atoms with van der Waals surface area (Å²) in [6.45, 7) is 7.95. The molecule has 0 radical (unpaired) electrons. The molecule has 0 bridgehead atoms. The summed E-state index contributed by atoms with van der Waals surface area (Å²) in [6, 6.07) is 0. The number of rotatable bonds is 8. The maximum atomic E-state index is 11.9. The first-order chi connectivity index (χ1) is 10.6. The monoisotopic (exact) mass is 305 g/mol. The van der Waals surface area contributed by atoms with Crippen LogP contribution in [0.3, 0.4) is 0 Å². The van der Waals surface area contributed by atoms with Crippen molar-refractivity contribution in [3.63, 3.8) is 0 Å². The molecule has 0 aliphatic carbocycles. The maximum absolute atomic E-state index is 11.9. The predicted molar refractivity (Wildman–Crippen MR) is 82.7 cm³/mol. The van der Waals surface area contributed by atoms with Crippen LogP contribution in [-0.2, 0) is 16.0 Å². The van der Waals surface area contributed by atoms with Crippen LogP contribution in [-0.4, -0.2) is 45.5 Å². The first-order valence-electron chi connectivity index (χ1n) is 7.64. The topological polar surface area (TPSA) is 81.4 Å². The molecule has 0 aliphatic heterocycles. The first kappa shape index (κ1) is 16.4. The van der Waals surface area contributed by atoms with Crippen LogP contribution in [0.2, 0.25) is 0 Å². The van der Waals surface area contributed by atoms with Crippen molar-refractivity contribution in [2.75, 3.05) is 19.8 Å². The van der Waals surface area contributed by atoms with Crippen LogP contribution in [0.15, 0.2) is 6.33 Å². The second-order valence-electron chi connectivity index (χ2n) is 5.19. The summed E-state index contributed by atoms with van der Waals surface area (Å²) in [5.41, 5.74) is 3.77. The zero-order chi connectivity index (χ0) is 15.9. The fourth-order valence-electron chi connectivity index (χ4n) is 2.42. The number of nitrogens with zero attached hydrogens (tertiary/aromatic N) is 4. The number of hydrogen-bond acceptors (Lipinski definition) is 5. The van der Waals surface area contributed by atoms with E-state index < -0.39 is 0 Å². The Morgan fingerprint density at radius 2 is 2.23 bits per heavy atom. The van der Waals surface area contributed by atoms with E-state index in [4.69, 9.17) is 4.74 Å². The Labute approximate surface area is 130 Å². The molecule has 1 N–H and O–H groups in total. The molecule has 2 aromatic rings. The van der Waals surface area contributed by atoms with Gasteiger partial charge in [-0.2, -0.15) is 5.10 Å². The smallest absolute Gasteiger partial charge is 0.220 e. The summed E-state index contributed by atoms with van der Waals surface area (Å²) in [6.07, 6.45) is 3.53. The molecule has 0 aromatic carbocycles. The number of carbonyl (C=O) groups is 1. The normalized spacial score (nSPS) is 11.0. The highest BCUT2D eigenvalue weighted by molar-refractivity contribution is 5.76. The van der Waals surface area contributed by atoms with Gasteiger partial charge < -0.3 is 10.1 Å². The number of amides is 1. The Kier molecular flexibility index (Phi) is 5.83. The molecule has 0 saturated heterocycles. The summed E-state index contributed by atoms with van der Waals surface area (Å²) < 4.78 is 6.90. The molecule has 0 atom stereocenters. The van der Waals surface area contributed by atoms with Gasteiger partial charge in [-0.15, -0.1) is 10.2 Å². The van der Waals surface area contributed by atoms with Crippen molar-refractivity contribution >= 4 is 11.6 Å². The largest absolute Gasteiger partial charge is 0.382 e. The number of aromatic nitrogens is 4. The van der Waals surface area contributed by atoms with Gasteiger partial charge in [0.1, 0.15) is 6.33 Å². The summed E-state index contributed by atoms with van der Waals surface area (Å²) in [5, 5.41) is 15.2. The molecule has 7 heteroatoms. The van der Waals surface area contributed by atoms with Gasteiger partial charge in [0.15, 0.2) is 5.65 Å². The fraction of sp³-hybridized carbons (Fsp3) is 0.600. The highest BCUT2D eigenvalue weighted by atomic mass is 16.5. The van der Waals surface area contributed by atoms with Crippen LogP contribution in [0.25, 0.3) is 5.65 Å². The minimum Gasteiger partial charge on any atom is -0.382 e. The van der Waals surface area contributed by atoms with Gasteiger partial charge in [0.2, 0.25) is 5.91 Å². The lowest BCUT2D eigenvalue weighted by Gasteiger charge is -2.10. The lowest BCUT2D eigenvalue weighted by molar-refractivity contribution is -0.121. The number of aryl methyl sites for hydroxylation is 2. The lowest BCUT2D eigenvalue weighted by Crippen LogP contribution is -2.25. The Hall–Kier alpha value is -2.02. The molecule has 2 heterocycles. The third-order valence-electron chi connectivity index (χ3n) is 3.61. The molecule has 2 aromatic heterocycles. The average Bonchev–Trinajstić information content (AvgIpc) is 2.95. The number of ether oxygens (including phenoxy) is 1. The van der Waals surface area contributed by atoms with Gasteiger partial charge in [-0.3, -0.25) is 4.79 Å². The number of hydrogen-bond donors (Lipinski definition) is 1. The quantitative estimate of drug-likeness (QED) is 0.742. The van der Waals surface area contributed by atoms with Gasteiger partial charge in [0.25, 0.3) is 0 Å². The third-order valence-corrected chi connectivity index (χ3v) is 3.61. The van der Waals surface area contributed by atoms with E-state index in [-0.39, 0.29) is 5.91 Å². The second kappa shape index (κ2) is 7.84. The van der Waals surface area contributed by atoms with Crippen LogP contribution >= 0.6 is 0 Å². The van der Waals surface area contributed by atoms with Gasteiger partial charge in [-0.1, -0.05) is 0 Å². The van der Waals surface area contributed by atoms with Gasteiger partial charge >= 0.3 is 0 Å². The van der Waals surface area contributed by atoms with Gasteiger partial charge in [-0.25, -0.2) is 4.52 Å². The van der Waals surface area contributed by atoms with Gasteiger partial charge in [0, 0.05) is 31.7 Å². The molecule has 0 fully saturated rings. The summed E-state index contributed by atoms with van der Waals surface area (Å²) in [7, 11) is 0. The zero-order valence-electron chi connectivity index (χ0n) is 13.4. The molecule has 2 rings (SSSR count). The standard InChI is InChI=1S/C15H23N5O2/c1-4-22-9-5-8-16-14(21)7-6-13-11(2)15-18-17-10-20(15)19-12(13)3/h10H,4-9H2,1-3H3,(H,16,21). The van der Waals surface area contributed by atoms with E-state index in [0.717, 1.165) is 28.9 Å². The van der Waals surface area contributed by atoms with Crippen LogP contribution in [0.5, 0.6) is 0 Å². The molecular formula is C15H23N5O2. The van der Waals surface area contributed by atoms with Crippen molar-refractivity contribution < 1.29 is 9.53 Å². The molecule has 7 nitrogen and oxygen atoms in total. The van der Waals surface area contributed by atoms with Gasteiger partial charge in [0.05, 0.1) is 5.69 Å². The van der Waals surface area contributed by atoms with E-state index in [1.54, 1.807) is 10.8 Å². The minimum atomic E-state index is 0.0524. The van der Waals surface area contributed by atoms with E-state index >= 15 is 0 Å². The molecule has 0 aliphatic rings. The van der Waals surface area contributed by atoms with E-state index in [9.17, 15) is 4.79 Å². The minimum absolute atomic E-state index is 0.0524. The van der Waals surface area contributed by atoms with E-state index in [1.807, 2.05) is 20.8 Å². The summed E-state index contributed by atoms with van der Waals surface area (Å²) in [4.78, 5) is 11.9. The van der Waals surface area contributed by atoms with Crippen molar-refractivity contribution in [3.8, 4) is 0 Å². The molecule has 0 saturated carbocycles. The van der Waals surface area contributed by atoms with Crippen LogP contribution in [0.1, 0.15) is 36.6 Å². The SMILES string of the molecule is CCOCCCNC(=O)CCc1c(C)nn2cnnc2c1C. The lowest BCUT2D eigenvalue weighted by atomic mass is 10.0. The van der Waals surface area contributed by atoms with Crippen molar-refractivity contribution in [3.05, 3.63) is 23.1 Å². The molecule has 0 unspecified atom stereocenters. The average molecular weight is 305 g/mol. The Balaban J connectivity index is 1.87. The summed E-state index contributed by atoms with van der Waals surface area (Å²) in [5.74, 6) is 0.0524. The van der Waals surface area contributed by atoms with Crippen LogP contribution in [0.4, 0.5) is 0 Å². The Morgan fingerprint density at radius 3 is 3.00 bits per heavy atom. The highest BCUT2D eigenvalue weighted by Gasteiger charge is 2.12. The fourth-order valence-corrected chi connectivity index (χ4v) is 2.42.